The van der Waals surface area contributed by atoms with Crippen LogP contribution in [0.5, 0.6) is 0 Å². The van der Waals surface area contributed by atoms with E-state index in [2.05, 4.69) is 35.5 Å². The minimum atomic E-state index is 0.759. The lowest BCUT2D eigenvalue weighted by molar-refractivity contribution is 0.215. The Bertz CT molecular complexity index is 804. The zero-order valence-corrected chi connectivity index (χ0v) is 14.2. The Kier molecular flexibility index (Phi) is 3.72. The summed E-state index contributed by atoms with van der Waals surface area (Å²) in [7, 11) is 0. The highest BCUT2D eigenvalue weighted by molar-refractivity contribution is 7.09. The summed E-state index contributed by atoms with van der Waals surface area (Å²) in [5.41, 5.74) is 2.04. The van der Waals surface area contributed by atoms with Gasteiger partial charge in [-0.1, -0.05) is 6.92 Å². The Labute approximate surface area is 139 Å². The predicted molar refractivity (Wildman–Crippen MR) is 90.6 cm³/mol. The lowest BCUT2D eigenvalue weighted by Gasteiger charge is -2.36. The fourth-order valence-electron chi connectivity index (χ4n) is 3.36. The molecule has 6 nitrogen and oxygen atoms in total. The third-order valence-corrected chi connectivity index (χ3v) is 5.35. The van der Waals surface area contributed by atoms with Crippen LogP contribution in [-0.2, 0) is 6.54 Å². The highest BCUT2D eigenvalue weighted by Gasteiger charge is 2.28. The Balaban J connectivity index is 1.59. The van der Waals surface area contributed by atoms with Crippen LogP contribution in [0.2, 0.25) is 0 Å². The number of hydrogen-bond donors (Lipinski definition) is 0. The third kappa shape index (κ3) is 2.93. The molecule has 7 heteroatoms. The van der Waals surface area contributed by atoms with Crippen LogP contribution in [0.1, 0.15) is 31.3 Å². The molecule has 3 heterocycles. The molecule has 0 bridgehead atoms. The number of nitrogens with zero attached hydrogens (tertiary/aromatic N) is 6. The Hall–Kier alpha value is -2.02. The van der Waals surface area contributed by atoms with E-state index in [1.54, 1.807) is 12.4 Å². The van der Waals surface area contributed by atoms with Crippen LogP contribution in [0, 0.1) is 18.8 Å². The topological polar surface area (TPSA) is 59.2 Å². The van der Waals surface area contributed by atoms with Crippen molar-refractivity contribution in [3.63, 3.8) is 0 Å². The maximum Gasteiger partial charge on any atom is 0.205 e. The van der Waals surface area contributed by atoms with Gasteiger partial charge in [-0.15, -0.1) is 0 Å². The Morgan fingerprint density at radius 1 is 1.35 bits per heavy atom. The smallest absolute Gasteiger partial charge is 0.205 e. The second-order valence-corrected chi connectivity index (χ2v) is 7.23. The first-order valence-electron chi connectivity index (χ1n) is 8.00. The van der Waals surface area contributed by atoms with Gasteiger partial charge >= 0.3 is 0 Å². The molecule has 120 valence electrons. The maximum absolute atomic E-state index is 4.59. The van der Waals surface area contributed by atoms with Gasteiger partial charge in [-0.25, -0.2) is 9.97 Å². The average molecular weight is 328 g/mol. The van der Waals surface area contributed by atoms with Crippen molar-refractivity contribution >= 4 is 22.3 Å². The van der Waals surface area contributed by atoms with Gasteiger partial charge in [0.2, 0.25) is 5.13 Å². The van der Waals surface area contributed by atoms with Crippen molar-refractivity contribution in [2.75, 3.05) is 11.4 Å². The molecule has 23 heavy (non-hydrogen) atoms. The van der Waals surface area contributed by atoms with Gasteiger partial charge in [0, 0.05) is 30.5 Å². The molecule has 0 N–H and O–H groups in total. The number of rotatable bonds is 5. The molecule has 1 fully saturated rings. The van der Waals surface area contributed by atoms with Gasteiger partial charge in [0.15, 0.2) is 5.65 Å². The first kappa shape index (κ1) is 14.6. The van der Waals surface area contributed by atoms with E-state index in [1.165, 1.54) is 24.4 Å². The Morgan fingerprint density at radius 3 is 2.96 bits per heavy atom. The van der Waals surface area contributed by atoms with Crippen molar-refractivity contribution in [2.24, 2.45) is 11.8 Å². The van der Waals surface area contributed by atoms with E-state index in [4.69, 9.17) is 0 Å². The highest BCUT2D eigenvalue weighted by Crippen LogP contribution is 2.35. The van der Waals surface area contributed by atoms with Crippen LogP contribution in [0.15, 0.2) is 24.8 Å². The van der Waals surface area contributed by atoms with Crippen LogP contribution in [-0.4, -0.2) is 30.3 Å². The predicted octanol–water partition coefficient (Wildman–Crippen LogP) is 2.94. The second kappa shape index (κ2) is 5.88. The molecule has 0 radical (unpaired) electrons. The molecule has 0 atom stereocenters. The summed E-state index contributed by atoms with van der Waals surface area (Å²) in [6.45, 7) is 6.11. The number of anilines is 1. The van der Waals surface area contributed by atoms with Gasteiger partial charge in [0.1, 0.15) is 5.82 Å². The van der Waals surface area contributed by atoms with Gasteiger partial charge in [-0.2, -0.15) is 4.37 Å². The number of aromatic nitrogens is 5. The van der Waals surface area contributed by atoms with Gasteiger partial charge in [-0.3, -0.25) is 9.38 Å². The molecule has 3 aromatic heterocycles. The van der Waals surface area contributed by atoms with E-state index < -0.39 is 0 Å². The van der Waals surface area contributed by atoms with Crippen molar-refractivity contribution in [3.05, 3.63) is 36.3 Å². The molecular weight excluding hydrogens is 308 g/mol. The van der Waals surface area contributed by atoms with E-state index in [9.17, 15) is 0 Å². The number of hydrogen-bond acceptors (Lipinski definition) is 6. The highest BCUT2D eigenvalue weighted by atomic mass is 32.1. The fourth-order valence-corrected chi connectivity index (χ4v) is 4.04. The van der Waals surface area contributed by atoms with Gasteiger partial charge in [-0.05, 0) is 31.6 Å². The van der Waals surface area contributed by atoms with Gasteiger partial charge in [0.05, 0.1) is 24.6 Å². The van der Waals surface area contributed by atoms with E-state index in [0.717, 1.165) is 47.2 Å². The SMILES string of the molecule is Cc1nsc(N(Cc2cnc3cnccn23)CC2CC(C)C2)n1. The van der Waals surface area contributed by atoms with Crippen LogP contribution in [0.25, 0.3) is 5.65 Å². The van der Waals surface area contributed by atoms with Gasteiger partial charge < -0.3 is 4.90 Å². The summed E-state index contributed by atoms with van der Waals surface area (Å²) >= 11 is 1.49. The minimum absolute atomic E-state index is 0.759. The molecule has 0 unspecified atom stereocenters. The lowest BCUT2D eigenvalue weighted by Crippen LogP contribution is -2.35. The molecule has 4 rings (SSSR count). The van der Waals surface area contributed by atoms with Crippen molar-refractivity contribution < 1.29 is 0 Å². The summed E-state index contributed by atoms with van der Waals surface area (Å²) < 4.78 is 6.45. The zero-order valence-electron chi connectivity index (χ0n) is 13.4. The molecule has 3 aromatic rings. The van der Waals surface area contributed by atoms with Gasteiger partial charge in [0.25, 0.3) is 0 Å². The van der Waals surface area contributed by atoms with Crippen LogP contribution in [0.3, 0.4) is 0 Å². The molecule has 0 aromatic carbocycles. The molecular formula is C16H20N6S. The molecule has 0 amide bonds. The van der Waals surface area contributed by atoms with E-state index in [0.29, 0.717) is 0 Å². The average Bonchev–Trinajstić information content (AvgIpc) is 3.12. The lowest BCUT2D eigenvalue weighted by atomic mass is 9.76. The monoisotopic (exact) mass is 328 g/mol. The summed E-state index contributed by atoms with van der Waals surface area (Å²) in [6.07, 6.45) is 10.1. The van der Waals surface area contributed by atoms with E-state index in [-0.39, 0.29) is 0 Å². The fraction of sp³-hybridized carbons (Fsp3) is 0.500. The molecule has 0 aliphatic heterocycles. The summed E-state index contributed by atoms with van der Waals surface area (Å²) in [6, 6.07) is 0. The second-order valence-electron chi connectivity index (χ2n) is 6.50. The van der Waals surface area contributed by atoms with Crippen molar-refractivity contribution in [1.29, 1.82) is 0 Å². The molecule has 0 spiro atoms. The summed E-state index contributed by atoms with van der Waals surface area (Å²) in [5, 5.41) is 1.01. The molecule has 1 aliphatic rings. The summed E-state index contributed by atoms with van der Waals surface area (Å²) in [5.74, 6) is 2.47. The van der Waals surface area contributed by atoms with Crippen LogP contribution < -0.4 is 4.90 Å². The third-order valence-electron chi connectivity index (χ3n) is 4.48. The largest absolute Gasteiger partial charge is 0.341 e. The van der Waals surface area contributed by atoms with E-state index in [1.807, 2.05) is 19.3 Å². The van der Waals surface area contributed by atoms with Crippen molar-refractivity contribution in [3.8, 4) is 0 Å². The maximum atomic E-state index is 4.59. The Morgan fingerprint density at radius 2 is 2.22 bits per heavy atom. The van der Waals surface area contributed by atoms with Crippen molar-refractivity contribution in [1.82, 2.24) is 23.7 Å². The summed E-state index contributed by atoms with van der Waals surface area (Å²) in [4.78, 5) is 15.5. The zero-order chi connectivity index (χ0) is 15.8. The number of imidazole rings is 1. The minimum Gasteiger partial charge on any atom is -0.341 e. The van der Waals surface area contributed by atoms with E-state index >= 15 is 0 Å². The molecule has 1 saturated carbocycles. The first-order valence-corrected chi connectivity index (χ1v) is 8.77. The standard InChI is InChI=1S/C16H20N6S/c1-11-5-13(6-11)9-21(16-19-12(2)20-23-16)10-14-7-18-15-8-17-3-4-22(14)15/h3-4,7-8,11,13H,5-6,9-10H2,1-2H3. The number of aryl methyl sites for hydroxylation is 1. The quantitative estimate of drug-likeness (QED) is 0.721. The van der Waals surface area contributed by atoms with Crippen molar-refractivity contribution in [2.45, 2.75) is 33.2 Å². The van der Waals surface area contributed by atoms with Crippen LogP contribution in [0.4, 0.5) is 5.13 Å². The molecule has 0 saturated heterocycles. The first-order chi connectivity index (χ1) is 11.2. The van der Waals surface area contributed by atoms with Crippen LogP contribution >= 0.6 is 11.5 Å². The number of fused-ring (bicyclic) bond motifs is 1. The normalized spacial score (nSPS) is 20.6. The molecule has 1 aliphatic carbocycles.